The molecule has 0 amide bonds. The van der Waals surface area contributed by atoms with Crippen molar-refractivity contribution in [3.63, 3.8) is 0 Å². The molecule has 0 fully saturated rings. The molecule has 1 atom stereocenters. The molecule has 0 saturated carbocycles. The van der Waals surface area contributed by atoms with Gasteiger partial charge in [-0.2, -0.15) is 0 Å². The van der Waals surface area contributed by atoms with Crippen molar-refractivity contribution >= 4 is 0 Å². The first-order valence-corrected chi connectivity index (χ1v) is 5.02. The molecule has 1 unspecified atom stereocenters. The molecule has 1 nitrogen and oxygen atoms in total. The molecule has 0 aromatic rings. The van der Waals surface area contributed by atoms with Gasteiger partial charge >= 0.3 is 0 Å². The largest absolute Gasteiger partial charge is 0.402 e. The predicted molar refractivity (Wildman–Crippen MR) is 58.2 cm³/mol. The van der Waals surface area contributed by atoms with Gasteiger partial charge in [0.2, 0.25) is 0 Å². The van der Waals surface area contributed by atoms with Crippen molar-refractivity contribution in [2.45, 2.75) is 33.1 Å². The fourth-order valence-electron chi connectivity index (χ4n) is 1.50. The van der Waals surface area contributed by atoms with E-state index in [0.29, 0.717) is 5.92 Å². The van der Waals surface area contributed by atoms with Gasteiger partial charge in [0.15, 0.2) is 0 Å². The zero-order chi connectivity index (χ0) is 9.68. The average Bonchev–Trinajstić information content (AvgIpc) is 2.19. The minimum absolute atomic E-state index is 0.585. The lowest BCUT2D eigenvalue weighted by atomic mass is 10.0. The van der Waals surface area contributed by atoms with E-state index in [1.54, 1.807) is 0 Å². The molecule has 0 aromatic heterocycles. The zero-order valence-corrected chi connectivity index (χ0v) is 8.59. The van der Waals surface area contributed by atoms with Gasteiger partial charge in [-0.15, -0.1) is 0 Å². The lowest BCUT2D eigenvalue weighted by Gasteiger charge is -2.05. The maximum atomic E-state index is 5.81. The number of nitrogens with two attached hydrogens (primary N) is 1. The molecule has 1 rings (SSSR count). The van der Waals surface area contributed by atoms with Crippen LogP contribution in [0, 0.1) is 5.92 Å². The minimum Gasteiger partial charge on any atom is -0.402 e. The Morgan fingerprint density at radius 2 is 2.23 bits per heavy atom. The van der Waals surface area contributed by atoms with E-state index in [-0.39, 0.29) is 0 Å². The van der Waals surface area contributed by atoms with E-state index < -0.39 is 0 Å². The van der Waals surface area contributed by atoms with E-state index in [4.69, 9.17) is 5.73 Å². The monoisotopic (exact) mass is 177 g/mol. The Labute approximate surface area is 81.0 Å². The summed E-state index contributed by atoms with van der Waals surface area (Å²) in [5, 5.41) is 0. The fourth-order valence-corrected chi connectivity index (χ4v) is 1.50. The van der Waals surface area contributed by atoms with Crippen molar-refractivity contribution in [3.8, 4) is 0 Å². The molecule has 1 heteroatoms. The van der Waals surface area contributed by atoms with Crippen molar-refractivity contribution in [3.05, 3.63) is 35.6 Å². The van der Waals surface area contributed by atoms with Crippen molar-refractivity contribution in [1.82, 2.24) is 0 Å². The molecule has 1 aliphatic rings. The summed E-state index contributed by atoms with van der Waals surface area (Å²) in [5.41, 5.74) is 8.25. The summed E-state index contributed by atoms with van der Waals surface area (Å²) in [6.45, 7) is 4.40. The quantitative estimate of drug-likeness (QED) is 0.612. The van der Waals surface area contributed by atoms with Crippen molar-refractivity contribution in [1.29, 1.82) is 0 Å². The number of rotatable bonds is 1. The maximum Gasteiger partial charge on any atom is 0.00835 e. The van der Waals surface area contributed by atoms with Gasteiger partial charge in [0.05, 0.1) is 0 Å². The summed E-state index contributed by atoms with van der Waals surface area (Å²) in [7, 11) is 0. The molecule has 13 heavy (non-hydrogen) atoms. The topological polar surface area (TPSA) is 26.0 Å². The van der Waals surface area contributed by atoms with Crippen molar-refractivity contribution in [2.24, 2.45) is 11.7 Å². The molecule has 0 radical (unpaired) electrons. The molecule has 0 spiro atoms. The molecule has 0 bridgehead atoms. The number of hydrogen-bond acceptors (Lipinski definition) is 1. The van der Waals surface area contributed by atoms with Crippen LogP contribution in [0.25, 0.3) is 0 Å². The summed E-state index contributed by atoms with van der Waals surface area (Å²) in [4.78, 5) is 0. The van der Waals surface area contributed by atoms with Crippen LogP contribution in [0.3, 0.4) is 0 Å². The third kappa shape index (κ3) is 3.49. The molecule has 0 saturated heterocycles. The third-order valence-corrected chi connectivity index (χ3v) is 2.45. The first-order chi connectivity index (χ1) is 6.22. The van der Waals surface area contributed by atoms with Crippen LogP contribution in [0.2, 0.25) is 0 Å². The average molecular weight is 177 g/mol. The molecule has 0 heterocycles. The van der Waals surface area contributed by atoms with Gasteiger partial charge in [-0.25, -0.2) is 0 Å². The second-order valence-corrected chi connectivity index (χ2v) is 3.71. The highest BCUT2D eigenvalue weighted by Crippen LogP contribution is 2.16. The second-order valence-electron chi connectivity index (χ2n) is 3.71. The fraction of sp³-hybridized carbons (Fsp3) is 0.500. The lowest BCUT2D eigenvalue weighted by molar-refractivity contribution is 0.759. The summed E-state index contributed by atoms with van der Waals surface area (Å²) in [6, 6.07) is 0. The Kier molecular flexibility index (Phi) is 3.81. The Balaban J connectivity index is 2.78. The molecule has 0 aliphatic heterocycles. The second kappa shape index (κ2) is 4.90. The molecule has 1 aliphatic carbocycles. The Morgan fingerprint density at radius 3 is 2.92 bits per heavy atom. The molecular formula is C12H19N. The Morgan fingerprint density at radius 1 is 1.46 bits per heavy atom. The highest BCUT2D eigenvalue weighted by Gasteiger charge is 2.01. The number of hydrogen-bond donors (Lipinski definition) is 1. The smallest absolute Gasteiger partial charge is 0.00835 e. The lowest BCUT2D eigenvalue weighted by Crippen LogP contribution is -1.96. The summed E-state index contributed by atoms with van der Waals surface area (Å²) in [6.07, 6.45) is 11.9. The SMILES string of the molecule is CCC1C=C(C)CC/C(N)=C\C=C/1. The Hall–Kier alpha value is -0.980. The summed E-state index contributed by atoms with van der Waals surface area (Å²) < 4.78 is 0. The van der Waals surface area contributed by atoms with E-state index in [0.717, 1.165) is 18.5 Å². The first kappa shape index (κ1) is 10.1. The van der Waals surface area contributed by atoms with Crippen LogP contribution >= 0.6 is 0 Å². The standard InChI is InChI=1S/C12H19N/c1-3-11-5-4-6-12(13)8-7-10(2)9-11/h4-6,9,11H,3,7-8,13H2,1-2H3/b5-4-,10-9?,12-6+. The first-order valence-electron chi connectivity index (χ1n) is 5.02. The van der Waals surface area contributed by atoms with E-state index in [2.05, 4.69) is 32.1 Å². The molecule has 2 N–H and O–H groups in total. The van der Waals surface area contributed by atoms with Crippen LogP contribution in [0.1, 0.15) is 33.1 Å². The maximum absolute atomic E-state index is 5.81. The van der Waals surface area contributed by atoms with Gasteiger partial charge in [0, 0.05) is 5.70 Å². The van der Waals surface area contributed by atoms with E-state index >= 15 is 0 Å². The van der Waals surface area contributed by atoms with Crippen LogP contribution in [0.15, 0.2) is 35.6 Å². The van der Waals surface area contributed by atoms with Crippen LogP contribution in [-0.2, 0) is 0 Å². The third-order valence-electron chi connectivity index (χ3n) is 2.45. The van der Waals surface area contributed by atoms with Crippen LogP contribution in [0.5, 0.6) is 0 Å². The van der Waals surface area contributed by atoms with Crippen LogP contribution < -0.4 is 5.73 Å². The van der Waals surface area contributed by atoms with Crippen LogP contribution in [0.4, 0.5) is 0 Å². The van der Waals surface area contributed by atoms with Gasteiger partial charge in [0.1, 0.15) is 0 Å². The minimum atomic E-state index is 0.585. The van der Waals surface area contributed by atoms with Gasteiger partial charge in [-0.05, 0) is 38.2 Å². The van der Waals surface area contributed by atoms with Crippen molar-refractivity contribution in [2.75, 3.05) is 0 Å². The summed E-state index contributed by atoms with van der Waals surface area (Å²) >= 11 is 0. The highest BCUT2D eigenvalue weighted by molar-refractivity contribution is 5.18. The van der Waals surface area contributed by atoms with Gasteiger partial charge in [-0.3, -0.25) is 0 Å². The van der Waals surface area contributed by atoms with Crippen LogP contribution in [-0.4, -0.2) is 0 Å². The van der Waals surface area contributed by atoms with Gasteiger partial charge in [0.25, 0.3) is 0 Å². The molecule has 0 aromatic carbocycles. The molecular weight excluding hydrogens is 158 g/mol. The predicted octanol–water partition coefficient (Wildman–Crippen LogP) is 3.15. The van der Waals surface area contributed by atoms with Crippen molar-refractivity contribution < 1.29 is 0 Å². The highest BCUT2D eigenvalue weighted by atomic mass is 14.6. The number of allylic oxidation sites excluding steroid dienone is 6. The van der Waals surface area contributed by atoms with E-state index in [1.807, 2.05) is 6.08 Å². The Bertz CT molecular complexity index is 246. The van der Waals surface area contributed by atoms with Gasteiger partial charge < -0.3 is 5.73 Å². The van der Waals surface area contributed by atoms with Gasteiger partial charge in [-0.1, -0.05) is 30.7 Å². The normalized spacial score (nSPS) is 30.5. The zero-order valence-electron chi connectivity index (χ0n) is 8.59. The molecule has 72 valence electrons. The van der Waals surface area contributed by atoms with E-state index in [1.165, 1.54) is 12.0 Å². The van der Waals surface area contributed by atoms with E-state index in [9.17, 15) is 0 Å². The summed E-state index contributed by atoms with van der Waals surface area (Å²) in [5.74, 6) is 0.585.